The van der Waals surface area contributed by atoms with E-state index in [4.69, 9.17) is 10.5 Å². The van der Waals surface area contributed by atoms with Gasteiger partial charge in [0.25, 0.3) is 0 Å². The van der Waals surface area contributed by atoms with E-state index in [1.54, 1.807) is 0 Å². The van der Waals surface area contributed by atoms with Crippen molar-refractivity contribution in [1.29, 1.82) is 0 Å². The van der Waals surface area contributed by atoms with Gasteiger partial charge in [-0.25, -0.2) is 0 Å². The standard InChI is InChI=1S/C14H28N2O2/c1-16(7-8-18-10-12-4-5-12)13-3-2-6-14(15,9-13)11-17/h12-13,17H,2-11,15H2,1H3. The maximum absolute atomic E-state index is 9.36. The van der Waals surface area contributed by atoms with Crippen LogP contribution >= 0.6 is 0 Å². The highest BCUT2D eigenvalue weighted by molar-refractivity contribution is 4.93. The van der Waals surface area contributed by atoms with Crippen molar-refractivity contribution in [2.24, 2.45) is 11.7 Å². The van der Waals surface area contributed by atoms with Crippen LogP contribution in [0, 0.1) is 5.92 Å². The van der Waals surface area contributed by atoms with Crippen LogP contribution < -0.4 is 5.73 Å². The zero-order chi connectivity index (χ0) is 13.0. The number of hydrogen-bond acceptors (Lipinski definition) is 4. The van der Waals surface area contributed by atoms with Crippen LogP contribution in [0.15, 0.2) is 0 Å². The molecule has 0 aromatic heterocycles. The van der Waals surface area contributed by atoms with Crippen molar-refractivity contribution >= 4 is 0 Å². The van der Waals surface area contributed by atoms with E-state index in [0.717, 1.165) is 44.9 Å². The molecule has 0 amide bonds. The maximum Gasteiger partial charge on any atom is 0.0611 e. The summed E-state index contributed by atoms with van der Waals surface area (Å²) in [7, 11) is 2.15. The van der Waals surface area contributed by atoms with E-state index in [1.807, 2.05) is 0 Å². The maximum atomic E-state index is 9.36. The highest BCUT2D eigenvalue weighted by Crippen LogP contribution is 2.29. The van der Waals surface area contributed by atoms with Crippen LogP contribution in [0.4, 0.5) is 0 Å². The minimum Gasteiger partial charge on any atom is -0.394 e. The van der Waals surface area contributed by atoms with Crippen LogP contribution in [0.25, 0.3) is 0 Å². The third-order valence-corrected chi connectivity index (χ3v) is 4.43. The van der Waals surface area contributed by atoms with Crippen LogP contribution in [0.1, 0.15) is 38.5 Å². The molecule has 0 aliphatic heterocycles. The Morgan fingerprint density at radius 2 is 2.17 bits per heavy atom. The van der Waals surface area contributed by atoms with Gasteiger partial charge < -0.3 is 20.5 Å². The molecule has 3 N–H and O–H groups in total. The van der Waals surface area contributed by atoms with Gasteiger partial charge in [0.2, 0.25) is 0 Å². The minimum atomic E-state index is -0.355. The molecule has 106 valence electrons. The summed E-state index contributed by atoms with van der Waals surface area (Å²) in [5.74, 6) is 0.844. The van der Waals surface area contributed by atoms with E-state index in [-0.39, 0.29) is 12.1 Å². The van der Waals surface area contributed by atoms with Crippen LogP contribution in [0.5, 0.6) is 0 Å². The van der Waals surface area contributed by atoms with Gasteiger partial charge >= 0.3 is 0 Å². The Bertz CT molecular complexity index is 258. The fourth-order valence-electron chi connectivity index (χ4n) is 2.81. The number of rotatable bonds is 7. The summed E-state index contributed by atoms with van der Waals surface area (Å²) in [6.45, 7) is 2.84. The predicted molar refractivity (Wildman–Crippen MR) is 72.4 cm³/mol. The SMILES string of the molecule is CN(CCOCC1CC1)C1CCCC(N)(CO)C1. The van der Waals surface area contributed by atoms with Gasteiger partial charge in [-0.2, -0.15) is 0 Å². The second-order valence-corrected chi connectivity index (χ2v) is 6.27. The minimum absolute atomic E-state index is 0.107. The van der Waals surface area contributed by atoms with Crippen molar-refractivity contribution in [2.45, 2.75) is 50.1 Å². The van der Waals surface area contributed by atoms with Gasteiger partial charge in [0, 0.05) is 24.7 Å². The Balaban J connectivity index is 1.65. The third kappa shape index (κ3) is 4.19. The summed E-state index contributed by atoms with van der Waals surface area (Å²) in [6.07, 6.45) is 6.87. The monoisotopic (exact) mass is 256 g/mol. The van der Waals surface area contributed by atoms with Crippen LogP contribution in [0.2, 0.25) is 0 Å². The molecule has 18 heavy (non-hydrogen) atoms. The first-order chi connectivity index (χ1) is 8.63. The molecule has 2 unspecified atom stereocenters. The lowest BCUT2D eigenvalue weighted by Gasteiger charge is -2.40. The molecule has 0 aromatic carbocycles. The van der Waals surface area contributed by atoms with Crippen molar-refractivity contribution in [3.8, 4) is 0 Å². The van der Waals surface area contributed by atoms with E-state index in [2.05, 4.69) is 11.9 Å². The molecule has 0 aromatic rings. The largest absolute Gasteiger partial charge is 0.394 e. The smallest absolute Gasteiger partial charge is 0.0611 e. The highest BCUT2D eigenvalue weighted by Gasteiger charge is 2.33. The van der Waals surface area contributed by atoms with Gasteiger partial charge in [0.1, 0.15) is 0 Å². The van der Waals surface area contributed by atoms with Gasteiger partial charge in [-0.05, 0) is 51.5 Å². The van der Waals surface area contributed by atoms with Gasteiger partial charge in [-0.3, -0.25) is 0 Å². The van der Waals surface area contributed by atoms with E-state index in [1.165, 1.54) is 19.3 Å². The molecular formula is C14H28N2O2. The van der Waals surface area contributed by atoms with Gasteiger partial charge in [-0.15, -0.1) is 0 Å². The topological polar surface area (TPSA) is 58.7 Å². The molecule has 2 fully saturated rings. The van der Waals surface area contributed by atoms with Gasteiger partial charge in [-0.1, -0.05) is 0 Å². The second kappa shape index (κ2) is 6.33. The highest BCUT2D eigenvalue weighted by atomic mass is 16.5. The molecule has 2 atom stereocenters. The Hall–Kier alpha value is -0.160. The van der Waals surface area contributed by atoms with Crippen LogP contribution in [0.3, 0.4) is 0 Å². The number of nitrogens with zero attached hydrogens (tertiary/aromatic N) is 1. The Morgan fingerprint density at radius 3 is 2.83 bits per heavy atom. The van der Waals surface area contributed by atoms with E-state index in [0.29, 0.717) is 6.04 Å². The molecule has 4 nitrogen and oxygen atoms in total. The van der Waals surface area contributed by atoms with E-state index in [9.17, 15) is 5.11 Å². The summed E-state index contributed by atoms with van der Waals surface area (Å²) in [5, 5.41) is 9.36. The van der Waals surface area contributed by atoms with Crippen LogP contribution in [-0.4, -0.2) is 55.0 Å². The number of aliphatic hydroxyl groups is 1. The molecule has 0 radical (unpaired) electrons. The summed E-state index contributed by atoms with van der Waals surface area (Å²) < 4.78 is 5.68. The molecule has 2 rings (SSSR count). The summed E-state index contributed by atoms with van der Waals surface area (Å²) in [5.41, 5.74) is 5.83. The number of nitrogens with two attached hydrogens (primary N) is 1. The molecule has 0 spiro atoms. The molecule has 0 saturated heterocycles. The van der Waals surface area contributed by atoms with E-state index < -0.39 is 0 Å². The van der Waals surface area contributed by atoms with Crippen molar-refractivity contribution in [2.75, 3.05) is 33.4 Å². The Kier molecular flexibility index (Phi) is 5.01. The Morgan fingerprint density at radius 1 is 1.39 bits per heavy atom. The van der Waals surface area contributed by atoms with Crippen molar-refractivity contribution < 1.29 is 9.84 Å². The molecule has 0 bridgehead atoms. The second-order valence-electron chi connectivity index (χ2n) is 6.27. The quantitative estimate of drug-likeness (QED) is 0.667. The number of likely N-dealkylation sites (N-methyl/N-ethyl adjacent to an activating group) is 1. The summed E-state index contributed by atoms with van der Waals surface area (Å²) in [4.78, 5) is 2.35. The van der Waals surface area contributed by atoms with Crippen molar-refractivity contribution in [1.82, 2.24) is 4.90 Å². The fraction of sp³-hybridized carbons (Fsp3) is 1.00. The average Bonchev–Trinajstić information content (AvgIpc) is 3.18. The summed E-state index contributed by atoms with van der Waals surface area (Å²) >= 11 is 0. The first-order valence-corrected chi connectivity index (χ1v) is 7.31. The first-order valence-electron chi connectivity index (χ1n) is 7.31. The molecule has 2 aliphatic rings. The molecule has 4 heteroatoms. The predicted octanol–water partition coefficient (Wildman–Crippen LogP) is 0.977. The summed E-state index contributed by atoms with van der Waals surface area (Å²) in [6, 6.07) is 0.500. The van der Waals surface area contributed by atoms with Crippen molar-refractivity contribution in [3.05, 3.63) is 0 Å². The number of hydrogen-bond donors (Lipinski definition) is 2. The lowest BCUT2D eigenvalue weighted by atomic mass is 9.80. The van der Waals surface area contributed by atoms with Crippen molar-refractivity contribution in [3.63, 3.8) is 0 Å². The molecule has 2 saturated carbocycles. The van der Waals surface area contributed by atoms with Gasteiger partial charge in [0.15, 0.2) is 0 Å². The molecule has 0 heterocycles. The zero-order valence-corrected chi connectivity index (χ0v) is 11.6. The third-order valence-electron chi connectivity index (χ3n) is 4.43. The fourth-order valence-corrected chi connectivity index (χ4v) is 2.81. The molecular weight excluding hydrogens is 228 g/mol. The van der Waals surface area contributed by atoms with Gasteiger partial charge in [0.05, 0.1) is 13.2 Å². The first kappa shape index (κ1) is 14.3. The van der Waals surface area contributed by atoms with Crippen LogP contribution in [-0.2, 0) is 4.74 Å². The normalized spacial score (nSPS) is 33.0. The lowest BCUT2D eigenvalue weighted by Crippen LogP contribution is -2.52. The molecule has 2 aliphatic carbocycles. The average molecular weight is 256 g/mol. The Labute approximate surface area is 110 Å². The zero-order valence-electron chi connectivity index (χ0n) is 11.6. The number of ether oxygens (including phenoxy) is 1. The lowest BCUT2D eigenvalue weighted by molar-refractivity contribution is 0.0608. The number of aliphatic hydroxyl groups excluding tert-OH is 1. The van der Waals surface area contributed by atoms with E-state index >= 15 is 0 Å².